The second-order valence-corrected chi connectivity index (χ2v) is 7.64. The average Bonchev–Trinajstić information content (AvgIpc) is 3.04. The van der Waals surface area contributed by atoms with Crippen molar-refractivity contribution in [2.24, 2.45) is 11.8 Å². The summed E-state index contributed by atoms with van der Waals surface area (Å²) >= 11 is 0. The van der Waals surface area contributed by atoms with Gasteiger partial charge in [-0.2, -0.15) is 0 Å². The highest BCUT2D eigenvalue weighted by Crippen LogP contribution is 2.35. The quantitative estimate of drug-likeness (QED) is 0.892. The van der Waals surface area contributed by atoms with E-state index < -0.39 is 0 Å². The molecule has 24 heavy (non-hydrogen) atoms. The molecule has 1 aromatic carbocycles. The molecule has 2 fully saturated rings. The van der Waals surface area contributed by atoms with Gasteiger partial charge in [0.2, 0.25) is 0 Å². The third-order valence-corrected chi connectivity index (χ3v) is 5.91. The van der Waals surface area contributed by atoms with Gasteiger partial charge in [0, 0.05) is 13.1 Å². The largest absolute Gasteiger partial charge is 0.488 e. The SMILES string of the molecule is CN1CC=C(c2ccc(O[C@@H]3C[C@@H]4CNC[C@@H]4C[C@H]3O)cc2)CC1. The number of aliphatic hydroxyl groups excluding tert-OH is 1. The lowest BCUT2D eigenvalue weighted by Gasteiger charge is -2.35. The Morgan fingerprint density at radius 3 is 2.58 bits per heavy atom. The molecule has 0 bridgehead atoms. The smallest absolute Gasteiger partial charge is 0.125 e. The molecule has 2 aliphatic heterocycles. The Balaban J connectivity index is 1.40. The molecule has 1 saturated heterocycles. The Morgan fingerprint density at radius 2 is 1.88 bits per heavy atom. The Hall–Kier alpha value is -1.36. The van der Waals surface area contributed by atoms with Crippen LogP contribution in [0.3, 0.4) is 0 Å². The summed E-state index contributed by atoms with van der Waals surface area (Å²) in [6.07, 6.45) is 4.83. The fourth-order valence-electron chi connectivity index (χ4n) is 4.34. The first kappa shape index (κ1) is 16.1. The molecule has 0 amide bonds. The van der Waals surface area contributed by atoms with E-state index in [9.17, 15) is 5.11 Å². The van der Waals surface area contributed by atoms with Crippen LogP contribution in [0.1, 0.15) is 24.8 Å². The summed E-state index contributed by atoms with van der Waals surface area (Å²) in [6.45, 7) is 4.26. The van der Waals surface area contributed by atoms with Gasteiger partial charge in [-0.15, -0.1) is 0 Å². The first-order chi connectivity index (χ1) is 11.7. The number of benzene rings is 1. The van der Waals surface area contributed by atoms with Gasteiger partial charge in [0.05, 0.1) is 6.10 Å². The minimum absolute atomic E-state index is 0.0699. The van der Waals surface area contributed by atoms with Crippen molar-refractivity contribution in [3.63, 3.8) is 0 Å². The van der Waals surface area contributed by atoms with Gasteiger partial charge >= 0.3 is 0 Å². The number of hydrogen-bond donors (Lipinski definition) is 2. The maximum absolute atomic E-state index is 10.4. The number of rotatable bonds is 3. The van der Waals surface area contributed by atoms with E-state index >= 15 is 0 Å². The van der Waals surface area contributed by atoms with E-state index in [-0.39, 0.29) is 12.2 Å². The molecule has 2 N–H and O–H groups in total. The van der Waals surface area contributed by atoms with Gasteiger partial charge in [0.15, 0.2) is 0 Å². The minimum Gasteiger partial charge on any atom is -0.488 e. The van der Waals surface area contributed by atoms with Gasteiger partial charge in [0.25, 0.3) is 0 Å². The summed E-state index contributed by atoms with van der Waals surface area (Å²) in [5.41, 5.74) is 2.72. The van der Waals surface area contributed by atoms with Crippen LogP contribution >= 0.6 is 0 Å². The van der Waals surface area contributed by atoms with Crippen LogP contribution in [-0.2, 0) is 0 Å². The minimum atomic E-state index is -0.345. The summed E-state index contributed by atoms with van der Waals surface area (Å²) in [4.78, 5) is 2.33. The van der Waals surface area contributed by atoms with Gasteiger partial charge in [-0.3, -0.25) is 0 Å². The van der Waals surface area contributed by atoms with Crippen molar-refractivity contribution in [3.8, 4) is 5.75 Å². The maximum Gasteiger partial charge on any atom is 0.125 e. The van der Waals surface area contributed by atoms with Crippen molar-refractivity contribution in [2.75, 3.05) is 33.2 Å². The first-order valence-corrected chi connectivity index (χ1v) is 9.22. The molecule has 2 heterocycles. The third-order valence-electron chi connectivity index (χ3n) is 5.91. The van der Waals surface area contributed by atoms with Crippen LogP contribution < -0.4 is 10.1 Å². The van der Waals surface area contributed by atoms with Crippen molar-refractivity contribution < 1.29 is 9.84 Å². The predicted octanol–water partition coefficient (Wildman–Crippen LogP) is 2.14. The Labute approximate surface area is 144 Å². The molecule has 0 radical (unpaired) electrons. The lowest BCUT2D eigenvalue weighted by Crippen LogP contribution is -2.42. The van der Waals surface area contributed by atoms with E-state index in [1.165, 1.54) is 11.1 Å². The van der Waals surface area contributed by atoms with E-state index in [2.05, 4.69) is 47.6 Å². The van der Waals surface area contributed by atoms with Crippen LogP contribution in [0.25, 0.3) is 5.57 Å². The van der Waals surface area contributed by atoms with Gasteiger partial charge < -0.3 is 20.1 Å². The number of likely N-dealkylation sites (N-methyl/N-ethyl adjacent to an activating group) is 1. The Bertz CT molecular complexity index is 598. The number of nitrogens with one attached hydrogen (secondary N) is 1. The van der Waals surface area contributed by atoms with Crippen molar-refractivity contribution in [2.45, 2.75) is 31.5 Å². The van der Waals surface area contributed by atoms with Gasteiger partial charge in [-0.25, -0.2) is 0 Å². The fourth-order valence-corrected chi connectivity index (χ4v) is 4.34. The Kier molecular flexibility index (Phi) is 4.61. The highest BCUT2D eigenvalue weighted by atomic mass is 16.5. The highest BCUT2D eigenvalue weighted by Gasteiger charge is 2.39. The first-order valence-electron chi connectivity index (χ1n) is 9.22. The summed E-state index contributed by atoms with van der Waals surface area (Å²) in [6, 6.07) is 8.42. The van der Waals surface area contributed by atoms with Crippen LogP contribution in [-0.4, -0.2) is 55.4 Å². The van der Waals surface area contributed by atoms with E-state index in [0.29, 0.717) is 11.8 Å². The zero-order valence-corrected chi connectivity index (χ0v) is 14.4. The predicted molar refractivity (Wildman–Crippen MR) is 96.0 cm³/mol. The highest BCUT2D eigenvalue weighted by molar-refractivity contribution is 5.67. The molecule has 3 aliphatic rings. The van der Waals surface area contributed by atoms with Gasteiger partial charge in [-0.05, 0) is 74.5 Å². The summed E-state index contributed by atoms with van der Waals surface area (Å²) in [7, 11) is 2.16. The van der Waals surface area contributed by atoms with E-state index in [1.807, 2.05) is 0 Å². The molecule has 4 rings (SSSR count). The van der Waals surface area contributed by atoms with E-state index in [1.54, 1.807) is 0 Å². The summed E-state index contributed by atoms with van der Waals surface area (Å²) in [5, 5.41) is 13.8. The third kappa shape index (κ3) is 3.37. The lowest BCUT2D eigenvalue weighted by atomic mass is 9.78. The summed E-state index contributed by atoms with van der Waals surface area (Å²) < 4.78 is 6.13. The zero-order chi connectivity index (χ0) is 16.5. The van der Waals surface area contributed by atoms with Crippen LogP contribution in [0, 0.1) is 11.8 Å². The molecule has 0 spiro atoms. The fraction of sp³-hybridized carbons (Fsp3) is 0.600. The number of nitrogens with zero attached hydrogens (tertiary/aromatic N) is 1. The van der Waals surface area contributed by atoms with Crippen molar-refractivity contribution in [1.82, 2.24) is 10.2 Å². The number of ether oxygens (including phenoxy) is 1. The molecule has 4 heteroatoms. The molecule has 1 saturated carbocycles. The molecule has 130 valence electrons. The maximum atomic E-state index is 10.4. The van der Waals surface area contributed by atoms with Crippen LogP contribution in [0.5, 0.6) is 5.75 Å². The van der Waals surface area contributed by atoms with E-state index in [4.69, 9.17) is 4.74 Å². The average molecular weight is 328 g/mol. The van der Waals surface area contributed by atoms with Crippen molar-refractivity contribution in [1.29, 1.82) is 0 Å². The second-order valence-electron chi connectivity index (χ2n) is 7.64. The molecule has 1 aliphatic carbocycles. The summed E-state index contributed by atoms with van der Waals surface area (Å²) in [5.74, 6) is 2.15. The number of fused-ring (bicyclic) bond motifs is 1. The van der Waals surface area contributed by atoms with Crippen LogP contribution in [0.2, 0.25) is 0 Å². The van der Waals surface area contributed by atoms with Crippen molar-refractivity contribution in [3.05, 3.63) is 35.9 Å². The molecule has 1 aromatic rings. The second kappa shape index (κ2) is 6.87. The molecule has 4 nitrogen and oxygen atoms in total. The van der Waals surface area contributed by atoms with Crippen LogP contribution in [0.15, 0.2) is 30.3 Å². The number of hydrogen-bond acceptors (Lipinski definition) is 4. The van der Waals surface area contributed by atoms with Gasteiger partial charge in [-0.1, -0.05) is 18.2 Å². The van der Waals surface area contributed by atoms with Gasteiger partial charge in [0.1, 0.15) is 11.9 Å². The monoisotopic (exact) mass is 328 g/mol. The lowest BCUT2D eigenvalue weighted by molar-refractivity contribution is -0.0231. The topological polar surface area (TPSA) is 44.7 Å². The van der Waals surface area contributed by atoms with E-state index in [0.717, 1.165) is 51.2 Å². The molecule has 0 aromatic heterocycles. The molecule has 0 unspecified atom stereocenters. The normalized spacial score (nSPS) is 33.8. The van der Waals surface area contributed by atoms with Crippen LogP contribution in [0.4, 0.5) is 0 Å². The molecular weight excluding hydrogens is 300 g/mol. The standard InChI is InChI=1S/C20H28N2O2/c1-22-8-6-15(7-9-22)14-2-4-18(5-3-14)24-20-11-17-13-21-12-16(17)10-19(20)23/h2-6,16-17,19-21,23H,7-13H2,1H3/t16-,17+,19+,20+/m0/s1. The molecule has 4 atom stereocenters. The zero-order valence-electron chi connectivity index (χ0n) is 14.4. The molecular formula is C20H28N2O2. The number of aliphatic hydroxyl groups is 1. The van der Waals surface area contributed by atoms with Crippen molar-refractivity contribution >= 4 is 5.57 Å². The Morgan fingerprint density at radius 1 is 1.12 bits per heavy atom.